The number of aliphatic hydroxyl groups excluding tert-OH is 6. The molecule has 1 aliphatic carbocycles. The summed E-state index contributed by atoms with van der Waals surface area (Å²) in [4.78, 5) is 35.7. The van der Waals surface area contributed by atoms with Gasteiger partial charge in [0.15, 0.2) is 28.4 Å². The van der Waals surface area contributed by atoms with Gasteiger partial charge in [-0.2, -0.15) is 4.55 Å². The predicted octanol–water partition coefficient (Wildman–Crippen LogP) is -2.44. The third-order valence-electron chi connectivity index (χ3n) is 8.45. The molecule has 3 heterocycles. The molecule has 23 nitrogen and oxygen atoms in total. The molecule has 4 aliphatic rings. The highest BCUT2D eigenvalue weighted by atomic mass is 32.3. The number of carbonyl (C=O) groups is 2. The molecule has 2 saturated heterocycles. The summed E-state index contributed by atoms with van der Waals surface area (Å²) in [6, 6.07) is 5.40. The average Bonchev–Trinajstić information content (AvgIpc) is 3.13. The van der Waals surface area contributed by atoms with Crippen molar-refractivity contribution in [3.8, 4) is 51.4 Å². The van der Waals surface area contributed by atoms with E-state index in [9.17, 15) is 63.4 Å². The largest absolute Gasteiger partial charge is 0.556 e. The van der Waals surface area contributed by atoms with E-state index in [2.05, 4.69) is 4.18 Å². The number of ether oxygens (including phenoxy) is 7. The van der Waals surface area contributed by atoms with Crippen molar-refractivity contribution in [2.24, 2.45) is 0 Å². The summed E-state index contributed by atoms with van der Waals surface area (Å²) < 4.78 is 81.5. The van der Waals surface area contributed by atoms with Crippen molar-refractivity contribution < 1.29 is 106 Å². The van der Waals surface area contributed by atoms with Crippen LogP contribution in [0.25, 0.3) is 22.6 Å². The Kier molecular flexibility index (Phi) is 13.0. The first kappa shape index (κ1) is 42.4. The van der Waals surface area contributed by atoms with Gasteiger partial charge >= 0.3 is 22.7 Å². The lowest BCUT2D eigenvalue weighted by molar-refractivity contribution is -0.277. The van der Waals surface area contributed by atoms with Gasteiger partial charge < -0.3 is 83.0 Å². The molecule has 1 aromatic rings. The van der Waals surface area contributed by atoms with Gasteiger partial charge in [-0.25, -0.2) is 0 Å². The molecule has 3 aliphatic heterocycles. The summed E-state index contributed by atoms with van der Waals surface area (Å²) >= 11 is 0. The van der Waals surface area contributed by atoms with Crippen LogP contribution in [0.5, 0.6) is 28.7 Å². The number of carboxylic acids is 1. The lowest BCUT2D eigenvalue weighted by Crippen LogP contribution is -2.61. The van der Waals surface area contributed by atoms with E-state index in [1.807, 2.05) is 0 Å². The number of aliphatic carboxylic acids is 1. The highest BCUT2D eigenvalue weighted by molar-refractivity contribution is 7.87. The number of carboxylic acid groups (broad SMARTS) is 1. The second kappa shape index (κ2) is 17.2. The number of hydrogen-bond donors (Lipinski definition) is 9. The third-order valence-corrected chi connectivity index (χ3v) is 8.91. The minimum absolute atomic E-state index is 0.0337. The van der Waals surface area contributed by atoms with Crippen molar-refractivity contribution in [2.45, 2.75) is 67.8 Å². The fraction of sp³-hybridized carbons (Fsp3) is 0.469. The van der Waals surface area contributed by atoms with E-state index in [4.69, 9.17) is 42.7 Å². The van der Waals surface area contributed by atoms with E-state index in [-0.39, 0.29) is 34.1 Å². The van der Waals surface area contributed by atoms with Crippen molar-refractivity contribution in [3.05, 3.63) is 40.6 Å². The normalized spacial score (nSPS) is 28.9. The number of aliphatic hydroxyl groups is 6. The van der Waals surface area contributed by atoms with Crippen molar-refractivity contribution in [3.63, 3.8) is 0 Å². The minimum atomic E-state index is -5.42. The molecule has 0 aromatic heterocycles. The van der Waals surface area contributed by atoms with Gasteiger partial charge in [-0.15, -0.1) is 4.18 Å². The number of phenolic OH excluding ortho intramolecular Hbond substituents is 1. The number of rotatable bonds is 14. The van der Waals surface area contributed by atoms with Gasteiger partial charge in [0.2, 0.25) is 24.4 Å². The zero-order chi connectivity index (χ0) is 41.2. The summed E-state index contributed by atoms with van der Waals surface area (Å²) in [7, 11) is -2.97. The predicted molar refractivity (Wildman–Crippen MR) is 177 cm³/mol. The second-order valence-electron chi connectivity index (χ2n) is 12.2. The number of carbonyl (C=O) groups excluding carboxylic acids is 1. The fourth-order valence-electron chi connectivity index (χ4n) is 5.72. The van der Waals surface area contributed by atoms with Gasteiger partial charge in [-0.3, -0.25) is 14.4 Å². The van der Waals surface area contributed by atoms with Gasteiger partial charge in [0.1, 0.15) is 67.3 Å². The number of fused-ring (bicyclic) bond motifs is 1. The summed E-state index contributed by atoms with van der Waals surface area (Å²) in [6.07, 6.45) is -20.6. The monoisotopic (exact) mass is 820 g/mol. The maximum absolute atomic E-state index is 13.0. The van der Waals surface area contributed by atoms with Crippen LogP contribution in [0.1, 0.15) is 6.42 Å². The SMILES string of the molecule is COc1cc(-c2oc3cc(=O)cc(O[C@@H]4O[C@H](COC(=O)CC(=O)O)[C@@H](O)[C@H](O)[C@H]4O[S+](=O)([O-])O)c-3cc2O[C@@H]2O[C@H](CO)[C@@H](O)[C@H](O)[C@H]2O)cc(OC)c1O. The molecule has 56 heavy (non-hydrogen) atoms. The Bertz CT molecular complexity index is 1930. The molecule has 308 valence electrons. The van der Waals surface area contributed by atoms with Gasteiger partial charge in [0.25, 0.3) is 0 Å². The Morgan fingerprint density at radius 3 is 2.02 bits per heavy atom. The lowest BCUT2D eigenvalue weighted by atomic mass is 9.99. The van der Waals surface area contributed by atoms with E-state index in [1.54, 1.807) is 0 Å². The summed E-state index contributed by atoms with van der Waals surface area (Å²) in [6.45, 7) is -1.74. The number of methoxy groups -OCH3 is 2. The van der Waals surface area contributed by atoms with Crippen molar-refractivity contribution in [1.29, 1.82) is 0 Å². The van der Waals surface area contributed by atoms with E-state index < -0.39 is 126 Å². The molecule has 0 saturated carbocycles. The molecule has 11 atom stereocenters. The maximum atomic E-state index is 13.0. The maximum Gasteiger partial charge on any atom is 0.334 e. The van der Waals surface area contributed by atoms with Crippen LogP contribution in [0, 0.1) is 0 Å². The first-order valence-corrected chi connectivity index (χ1v) is 17.5. The van der Waals surface area contributed by atoms with E-state index in [0.717, 1.165) is 18.2 Å². The number of esters is 1. The molecule has 0 radical (unpaired) electrons. The Labute approximate surface area is 315 Å². The van der Waals surface area contributed by atoms with Crippen LogP contribution in [-0.2, 0) is 43.0 Å². The highest BCUT2D eigenvalue weighted by Crippen LogP contribution is 2.47. The van der Waals surface area contributed by atoms with E-state index in [1.165, 1.54) is 26.4 Å². The Morgan fingerprint density at radius 2 is 1.43 bits per heavy atom. The van der Waals surface area contributed by atoms with Crippen LogP contribution in [0.3, 0.4) is 0 Å². The van der Waals surface area contributed by atoms with E-state index in [0.29, 0.717) is 0 Å². The van der Waals surface area contributed by atoms with Crippen LogP contribution in [0.15, 0.2) is 39.5 Å². The molecule has 0 bridgehead atoms. The lowest BCUT2D eigenvalue weighted by Gasteiger charge is -2.40. The van der Waals surface area contributed by atoms with Crippen molar-refractivity contribution >= 4 is 22.7 Å². The van der Waals surface area contributed by atoms with Crippen molar-refractivity contribution in [1.82, 2.24) is 0 Å². The third kappa shape index (κ3) is 9.28. The molecule has 5 rings (SSSR count). The topological polar surface area (TPSA) is 360 Å². The molecule has 0 amide bonds. The number of benzene rings is 2. The average molecular weight is 821 g/mol. The van der Waals surface area contributed by atoms with E-state index >= 15 is 0 Å². The molecule has 9 N–H and O–H groups in total. The van der Waals surface area contributed by atoms with Gasteiger partial charge in [0.05, 0.1) is 26.4 Å². The van der Waals surface area contributed by atoms with Gasteiger partial charge in [0, 0.05) is 17.7 Å². The zero-order valence-electron chi connectivity index (χ0n) is 28.9. The Morgan fingerprint density at radius 1 is 0.821 bits per heavy atom. The van der Waals surface area contributed by atoms with Gasteiger partial charge in [-0.1, -0.05) is 0 Å². The van der Waals surface area contributed by atoms with Crippen LogP contribution < -0.4 is 24.4 Å². The molecule has 1 unspecified atom stereocenters. The standard InChI is InChI=1S/C32H36O23S/c1-47-16-3-11(4-17(48-2)23(16)38)29-18(52-31-28(43)26(41)24(39)19(9-33)53-31)7-13-14(50-29)5-12(34)6-15(13)51-32-30(55-56(44,45)46)27(42)25(40)20(54-32)10-49-22(37)8-21(35)36/h3-7,19-20,24-28,30-33,39-43H,8-10H2,1-2H3,(H3-,34,35,36,38,44,45,46)/t19-,20-,24-,25-,26+,27+,28-,30-,31-,32-/m1/s1. The summed E-state index contributed by atoms with van der Waals surface area (Å²) in [5.41, 5.74) is -1.01. The molecular weight excluding hydrogens is 784 g/mol. The molecular formula is C32H36O23S. The zero-order valence-corrected chi connectivity index (χ0v) is 29.7. The highest BCUT2D eigenvalue weighted by Gasteiger charge is 2.51. The molecule has 0 spiro atoms. The van der Waals surface area contributed by atoms with Crippen LogP contribution in [0.4, 0.5) is 0 Å². The van der Waals surface area contributed by atoms with Crippen LogP contribution in [-0.4, -0.2) is 151 Å². The summed E-state index contributed by atoms with van der Waals surface area (Å²) in [5.74, 6) is -5.07. The number of phenols is 1. The van der Waals surface area contributed by atoms with Crippen molar-refractivity contribution in [2.75, 3.05) is 27.4 Å². The first-order valence-electron chi connectivity index (χ1n) is 16.1. The Balaban J connectivity index is 1.63. The molecule has 24 heteroatoms. The van der Waals surface area contributed by atoms with Gasteiger partial charge in [-0.05, 0) is 22.4 Å². The fourth-order valence-corrected chi connectivity index (χ4v) is 6.20. The number of aromatic hydroxyl groups is 1. The first-order chi connectivity index (χ1) is 26.3. The van der Waals surface area contributed by atoms with Crippen LogP contribution in [0.2, 0.25) is 0 Å². The molecule has 1 aromatic carbocycles. The second-order valence-corrected chi connectivity index (χ2v) is 13.2. The molecule has 2 fully saturated rings. The quantitative estimate of drug-likeness (QED) is 0.0463. The minimum Gasteiger partial charge on any atom is -0.556 e. The van der Waals surface area contributed by atoms with Crippen LogP contribution >= 0.6 is 0 Å². The number of hydrogen-bond acceptors (Lipinski definition) is 21. The summed E-state index contributed by atoms with van der Waals surface area (Å²) in [5, 5.41) is 82.0. The smallest absolute Gasteiger partial charge is 0.334 e. The Hall–Kier alpha value is -4.70.